The zero-order valence-electron chi connectivity index (χ0n) is 14.5. The highest BCUT2D eigenvalue weighted by atomic mass is 32.2. The number of nitro groups is 1. The van der Waals surface area contributed by atoms with E-state index in [0.717, 1.165) is 22.9 Å². The molecule has 1 heterocycles. The molecule has 27 heavy (non-hydrogen) atoms. The van der Waals surface area contributed by atoms with Gasteiger partial charge in [0.25, 0.3) is 16.8 Å². The van der Waals surface area contributed by atoms with Crippen LogP contribution < -0.4 is 0 Å². The first kappa shape index (κ1) is 18.6. The van der Waals surface area contributed by atoms with Gasteiger partial charge in [-0.25, -0.2) is 0 Å². The lowest BCUT2D eigenvalue weighted by Crippen LogP contribution is -2.27. The fourth-order valence-corrected chi connectivity index (χ4v) is 3.31. The molecule has 0 atom stereocenters. The molecule has 0 saturated carbocycles. The number of rotatable bonds is 5. The molecule has 0 aromatic heterocycles. The molecule has 2 amide bonds. The van der Waals surface area contributed by atoms with Gasteiger partial charge in [0.1, 0.15) is 0 Å². The zero-order chi connectivity index (χ0) is 19.4. The number of hydrogen-bond acceptors (Lipinski definition) is 5. The molecule has 0 bridgehead atoms. The summed E-state index contributed by atoms with van der Waals surface area (Å²) in [6.07, 6.45) is 4.82. The summed E-state index contributed by atoms with van der Waals surface area (Å²) in [7, 11) is 0. The summed E-state index contributed by atoms with van der Waals surface area (Å²) < 4.78 is 0. The number of amides is 2. The number of nitro benzene ring substituents is 1. The molecule has 1 aliphatic rings. The van der Waals surface area contributed by atoms with Crippen molar-refractivity contribution in [2.24, 2.45) is 0 Å². The summed E-state index contributed by atoms with van der Waals surface area (Å²) in [4.78, 5) is 36.5. The van der Waals surface area contributed by atoms with Gasteiger partial charge in [0.2, 0.25) is 0 Å². The molecule has 1 aliphatic heterocycles. The van der Waals surface area contributed by atoms with Gasteiger partial charge in [0.05, 0.1) is 16.4 Å². The monoisotopic (exact) mass is 380 g/mol. The van der Waals surface area contributed by atoms with Gasteiger partial charge in [-0.15, -0.1) is 0 Å². The molecule has 0 radical (unpaired) electrons. The lowest BCUT2D eigenvalue weighted by Gasteiger charge is -2.12. The van der Waals surface area contributed by atoms with Crippen molar-refractivity contribution in [3.8, 4) is 0 Å². The molecule has 3 rings (SSSR count). The summed E-state index contributed by atoms with van der Waals surface area (Å²) in [6, 6.07) is 13.8. The van der Waals surface area contributed by atoms with Crippen LogP contribution in [-0.2, 0) is 11.3 Å². The van der Waals surface area contributed by atoms with Crippen LogP contribution in [0.5, 0.6) is 0 Å². The highest BCUT2D eigenvalue weighted by Gasteiger charge is 2.34. The van der Waals surface area contributed by atoms with Crippen LogP contribution in [0.15, 0.2) is 65.6 Å². The van der Waals surface area contributed by atoms with Crippen molar-refractivity contribution < 1.29 is 14.5 Å². The third-order valence-electron chi connectivity index (χ3n) is 3.95. The van der Waals surface area contributed by atoms with Gasteiger partial charge in [0, 0.05) is 12.1 Å². The number of imide groups is 1. The van der Waals surface area contributed by atoms with E-state index in [1.54, 1.807) is 30.4 Å². The average molecular weight is 380 g/mol. The van der Waals surface area contributed by atoms with Gasteiger partial charge >= 0.3 is 0 Å². The fourth-order valence-electron chi connectivity index (χ4n) is 2.52. The number of non-ortho nitro benzene ring substituents is 1. The third-order valence-corrected chi connectivity index (χ3v) is 4.88. The van der Waals surface area contributed by atoms with Crippen LogP contribution in [0.4, 0.5) is 10.5 Å². The Balaban J connectivity index is 1.71. The molecule has 136 valence electrons. The van der Waals surface area contributed by atoms with Crippen molar-refractivity contribution in [2.75, 3.05) is 0 Å². The Kier molecular flexibility index (Phi) is 5.52. The highest BCUT2D eigenvalue weighted by molar-refractivity contribution is 8.18. The molecule has 0 unspecified atom stereocenters. The van der Waals surface area contributed by atoms with Crippen LogP contribution in [0.2, 0.25) is 0 Å². The van der Waals surface area contributed by atoms with Gasteiger partial charge in [-0.1, -0.05) is 54.1 Å². The van der Waals surface area contributed by atoms with E-state index >= 15 is 0 Å². The maximum Gasteiger partial charge on any atom is 0.293 e. The number of aryl methyl sites for hydroxylation is 1. The Morgan fingerprint density at radius 1 is 1.15 bits per heavy atom. The Bertz CT molecular complexity index is 964. The Morgan fingerprint density at radius 3 is 2.59 bits per heavy atom. The van der Waals surface area contributed by atoms with E-state index < -0.39 is 4.92 Å². The predicted octanol–water partition coefficient (Wildman–Crippen LogP) is 4.70. The summed E-state index contributed by atoms with van der Waals surface area (Å²) in [6.45, 7) is 2.21. The van der Waals surface area contributed by atoms with Crippen LogP contribution in [-0.4, -0.2) is 21.0 Å². The number of carbonyl (C=O) groups is 2. The molecule has 0 N–H and O–H groups in total. The standard InChI is InChI=1S/C20H16N2O4S/c1-14-8-10-16(11-9-14)13-21-19(23)18(27-20(21)24)7-3-5-15-4-2-6-17(12-15)22(25)26/h2-12H,13H2,1H3/b5-3+,18-7-. The molecule has 0 aliphatic carbocycles. The maximum absolute atomic E-state index is 12.5. The Hall–Kier alpha value is -3.19. The number of allylic oxidation sites excluding steroid dienone is 2. The average Bonchev–Trinajstić information content (AvgIpc) is 2.91. The maximum atomic E-state index is 12.5. The molecular weight excluding hydrogens is 364 g/mol. The van der Waals surface area contributed by atoms with E-state index in [0.29, 0.717) is 10.5 Å². The minimum Gasteiger partial charge on any atom is -0.268 e. The van der Waals surface area contributed by atoms with Gasteiger partial charge < -0.3 is 0 Å². The van der Waals surface area contributed by atoms with E-state index in [2.05, 4.69) is 0 Å². The van der Waals surface area contributed by atoms with Crippen molar-refractivity contribution in [2.45, 2.75) is 13.5 Å². The number of thioether (sulfide) groups is 1. The minimum absolute atomic E-state index is 0.00410. The predicted molar refractivity (Wildman–Crippen MR) is 105 cm³/mol. The van der Waals surface area contributed by atoms with Crippen molar-refractivity contribution in [1.29, 1.82) is 0 Å². The topological polar surface area (TPSA) is 80.5 Å². The molecule has 7 heteroatoms. The lowest BCUT2D eigenvalue weighted by atomic mass is 10.1. The lowest BCUT2D eigenvalue weighted by molar-refractivity contribution is -0.384. The summed E-state index contributed by atoms with van der Waals surface area (Å²) in [5.74, 6) is -0.339. The first-order valence-electron chi connectivity index (χ1n) is 8.16. The van der Waals surface area contributed by atoms with E-state index in [9.17, 15) is 19.7 Å². The highest BCUT2D eigenvalue weighted by Crippen LogP contribution is 2.32. The van der Waals surface area contributed by atoms with Gasteiger partial charge in [-0.05, 0) is 35.9 Å². The normalized spacial score (nSPS) is 15.9. The second kappa shape index (κ2) is 8.01. The summed E-state index contributed by atoms with van der Waals surface area (Å²) in [5.41, 5.74) is 2.63. The number of hydrogen-bond donors (Lipinski definition) is 0. The first-order chi connectivity index (χ1) is 12.9. The molecule has 2 aromatic rings. The van der Waals surface area contributed by atoms with Gasteiger partial charge in [-0.2, -0.15) is 0 Å². The molecule has 2 aromatic carbocycles. The largest absolute Gasteiger partial charge is 0.293 e. The smallest absolute Gasteiger partial charge is 0.268 e. The van der Waals surface area contributed by atoms with Crippen molar-refractivity contribution in [3.05, 3.63) is 92.4 Å². The molecule has 6 nitrogen and oxygen atoms in total. The fraction of sp³-hybridized carbons (Fsp3) is 0.100. The molecule has 1 saturated heterocycles. The number of nitrogens with zero attached hydrogens (tertiary/aromatic N) is 2. The van der Waals surface area contributed by atoms with Crippen LogP contribution in [0.3, 0.4) is 0 Å². The first-order valence-corrected chi connectivity index (χ1v) is 8.98. The molecular formula is C20H16N2O4S. The van der Waals surface area contributed by atoms with Crippen molar-refractivity contribution in [1.82, 2.24) is 4.90 Å². The Morgan fingerprint density at radius 2 is 1.89 bits per heavy atom. The quantitative estimate of drug-likeness (QED) is 0.427. The van der Waals surface area contributed by atoms with Crippen LogP contribution >= 0.6 is 11.8 Å². The van der Waals surface area contributed by atoms with Crippen LogP contribution in [0.25, 0.3) is 6.08 Å². The van der Waals surface area contributed by atoms with E-state index in [4.69, 9.17) is 0 Å². The van der Waals surface area contributed by atoms with Crippen molar-refractivity contribution >= 4 is 34.7 Å². The second-order valence-electron chi connectivity index (χ2n) is 5.99. The SMILES string of the molecule is Cc1ccc(CN2C(=O)S/C(=C\C=C\c3cccc([N+](=O)[O-])c3)C2=O)cc1. The van der Waals surface area contributed by atoms with Crippen LogP contribution in [0, 0.1) is 17.0 Å². The van der Waals surface area contributed by atoms with Crippen molar-refractivity contribution in [3.63, 3.8) is 0 Å². The van der Waals surface area contributed by atoms with E-state index in [1.165, 1.54) is 17.0 Å². The van der Waals surface area contributed by atoms with E-state index in [1.807, 2.05) is 31.2 Å². The summed E-state index contributed by atoms with van der Waals surface area (Å²) >= 11 is 0.886. The second-order valence-corrected chi connectivity index (χ2v) is 6.98. The third kappa shape index (κ3) is 4.51. The molecule has 1 fully saturated rings. The summed E-state index contributed by atoms with van der Waals surface area (Å²) in [5, 5.41) is 10.5. The zero-order valence-corrected chi connectivity index (χ0v) is 15.3. The Labute approximate surface area is 160 Å². The van der Waals surface area contributed by atoms with Gasteiger partial charge in [-0.3, -0.25) is 24.6 Å². The van der Waals surface area contributed by atoms with E-state index in [-0.39, 0.29) is 23.4 Å². The molecule has 0 spiro atoms. The van der Waals surface area contributed by atoms with Gasteiger partial charge in [0.15, 0.2) is 0 Å². The number of benzene rings is 2. The minimum atomic E-state index is -0.465. The van der Waals surface area contributed by atoms with Crippen LogP contribution in [0.1, 0.15) is 16.7 Å². The number of carbonyl (C=O) groups excluding carboxylic acids is 2.